The van der Waals surface area contributed by atoms with Gasteiger partial charge in [0.2, 0.25) is 5.91 Å². The molecule has 0 fully saturated rings. The summed E-state index contributed by atoms with van der Waals surface area (Å²) < 4.78 is 0. The van der Waals surface area contributed by atoms with E-state index in [0.717, 1.165) is 0 Å². The first kappa shape index (κ1) is 17.4. The number of amides is 1. The van der Waals surface area contributed by atoms with Crippen molar-refractivity contribution in [1.29, 1.82) is 0 Å². The van der Waals surface area contributed by atoms with E-state index < -0.39 is 10.9 Å². The molecule has 0 radical (unpaired) electrons. The number of hydrogen-bond acceptors (Lipinski definition) is 6. The van der Waals surface area contributed by atoms with E-state index in [0.29, 0.717) is 16.5 Å². The van der Waals surface area contributed by atoms with Crippen LogP contribution in [0.5, 0.6) is 0 Å². The number of hydrogen-bond donors (Lipinski definition) is 2. The SMILES string of the molecule is O=C(CCSc1ccc([N+](=O)[O-])cn1)Nc1ccc(C(=O)O)cc1. The van der Waals surface area contributed by atoms with Crippen LogP contribution >= 0.6 is 11.8 Å². The molecular weight excluding hydrogens is 334 g/mol. The Kier molecular flexibility index (Phi) is 5.85. The summed E-state index contributed by atoms with van der Waals surface area (Å²) >= 11 is 1.31. The largest absolute Gasteiger partial charge is 0.478 e. The predicted octanol–water partition coefficient (Wildman–Crippen LogP) is 2.81. The number of carbonyl (C=O) groups excluding carboxylic acids is 1. The number of nitro groups is 1. The van der Waals surface area contributed by atoms with Crippen molar-refractivity contribution in [3.63, 3.8) is 0 Å². The van der Waals surface area contributed by atoms with Gasteiger partial charge in [0.1, 0.15) is 6.20 Å². The van der Waals surface area contributed by atoms with Gasteiger partial charge in [0.25, 0.3) is 5.69 Å². The summed E-state index contributed by atoms with van der Waals surface area (Å²) in [6.07, 6.45) is 1.40. The van der Waals surface area contributed by atoms with Gasteiger partial charge >= 0.3 is 5.97 Å². The van der Waals surface area contributed by atoms with Crippen molar-refractivity contribution in [2.24, 2.45) is 0 Å². The maximum Gasteiger partial charge on any atom is 0.335 e. The number of carboxylic acids is 1. The molecular formula is C15H13N3O5S. The highest BCUT2D eigenvalue weighted by atomic mass is 32.2. The van der Waals surface area contributed by atoms with Gasteiger partial charge in [-0.2, -0.15) is 0 Å². The Hall–Kier alpha value is -2.94. The summed E-state index contributed by atoms with van der Waals surface area (Å²) in [6.45, 7) is 0. The minimum atomic E-state index is -1.03. The van der Waals surface area contributed by atoms with Crippen LogP contribution in [0.15, 0.2) is 47.6 Å². The number of benzene rings is 1. The number of aromatic nitrogens is 1. The Bertz CT molecular complexity index is 747. The van der Waals surface area contributed by atoms with Gasteiger partial charge in [0.15, 0.2) is 0 Å². The van der Waals surface area contributed by atoms with Gasteiger partial charge in [0, 0.05) is 23.9 Å². The normalized spacial score (nSPS) is 10.2. The zero-order chi connectivity index (χ0) is 17.5. The summed E-state index contributed by atoms with van der Waals surface area (Å²) in [4.78, 5) is 36.5. The van der Waals surface area contributed by atoms with Crippen LogP contribution in [0, 0.1) is 10.1 Å². The molecule has 0 atom stereocenters. The summed E-state index contributed by atoms with van der Waals surface area (Å²) in [5.41, 5.74) is 0.582. The van der Waals surface area contributed by atoms with Crippen molar-refractivity contribution in [2.45, 2.75) is 11.4 Å². The Balaban J connectivity index is 1.78. The first-order chi connectivity index (χ1) is 11.5. The lowest BCUT2D eigenvalue weighted by Crippen LogP contribution is -2.12. The second kappa shape index (κ2) is 8.06. The third kappa shape index (κ3) is 5.06. The van der Waals surface area contributed by atoms with Gasteiger partial charge in [-0.15, -0.1) is 11.8 Å². The summed E-state index contributed by atoms with van der Waals surface area (Å²) in [7, 11) is 0. The van der Waals surface area contributed by atoms with Crippen LogP contribution in [-0.4, -0.2) is 32.6 Å². The number of anilines is 1. The summed E-state index contributed by atoms with van der Waals surface area (Å²) in [5, 5.41) is 22.6. The fourth-order valence-electron chi connectivity index (χ4n) is 1.73. The third-order valence-corrected chi connectivity index (χ3v) is 3.87. The molecule has 0 spiro atoms. The van der Waals surface area contributed by atoms with Crippen LogP contribution in [0.1, 0.15) is 16.8 Å². The zero-order valence-electron chi connectivity index (χ0n) is 12.3. The molecule has 0 unspecified atom stereocenters. The van der Waals surface area contributed by atoms with Crippen LogP contribution in [0.2, 0.25) is 0 Å². The first-order valence-electron chi connectivity index (χ1n) is 6.82. The van der Waals surface area contributed by atoms with Crippen molar-refractivity contribution < 1.29 is 19.6 Å². The fourth-order valence-corrected chi connectivity index (χ4v) is 2.52. The Morgan fingerprint density at radius 1 is 1.21 bits per heavy atom. The van der Waals surface area contributed by atoms with Crippen LogP contribution in [0.4, 0.5) is 11.4 Å². The molecule has 0 aliphatic heterocycles. The highest BCUT2D eigenvalue weighted by molar-refractivity contribution is 7.99. The lowest BCUT2D eigenvalue weighted by molar-refractivity contribution is -0.385. The standard InChI is InChI=1S/C15H13N3O5S/c19-13(17-11-3-1-10(2-4-11)15(20)21)7-8-24-14-6-5-12(9-16-14)18(22)23/h1-6,9H,7-8H2,(H,17,19)(H,20,21). The van der Waals surface area contributed by atoms with Crippen LogP contribution in [0.3, 0.4) is 0 Å². The molecule has 1 aromatic heterocycles. The molecule has 0 aliphatic carbocycles. The molecule has 2 N–H and O–H groups in total. The van der Waals surface area contributed by atoms with E-state index in [1.807, 2.05) is 0 Å². The number of thioether (sulfide) groups is 1. The quantitative estimate of drug-likeness (QED) is 0.448. The Morgan fingerprint density at radius 2 is 1.92 bits per heavy atom. The molecule has 1 aromatic carbocycles. The smallest absolute Gasteiger partial charge is 0.335 e. The van der Waals surface area contributed by atoms with Crippen molar-refractivity contribution in [2.75, 3.05) is 11.1 Å². The molecule has 8 nitrogen and oxygen atoms in total. The van der Waals surface area contributed by atoms with Gasteiger partial charge < -0.3 is 10.4 Å². The van der Waals surface area contributed by atoms with Crippen molar-refractivity contribution in [3.05, 3.63) is 58.3 Å². The molecule has 124 valence electrons. The molecule has 0 bridgehead atoms. The Morgan fingerprint density at radius 3 is 2.46 bits per heavy atom. The number of pyridine rings is 1. The van der Waals surface area contributed by atoms with Crippen molar-refractivity contribution in [3.8, 4) is 0 Å². The number of nitrogens with one attached hydrogen (secondary N) is 1. The monoisotopic (exact) mass is 347 g/mol. The lowest BCUT2D eigenvalue weighted by atomic mass is 10.2. The lowest BCUT2D eigenvalue weighted by Gasteiger charge is -2.05. The fraction of sp³-hybridized carbons (Fsp3) is 0.133. The second-order valence-corrected chi connectivity index (χ2v) is 5.76. The van der Waals surface area contributed by atoms with Gasteiger partial charge in [-0.05, 0) is 30.3 Å². The highest BCUT2D eigenvalue weighted by Gasteiger charge is 2.08. The van der Waals surface area contributed by atoms with Crippen LogP contribution < -0.4 is 5.32 Å². The predicted molar refractivity (Wildman–Crippen MR) is 88.3 cm³/mol. The number of carboxylic acid groups (broad SMARTS) is 1. The van der Waals surface area contributed by atoms with Crippen LogP contribution in [0.25, 0.3) is 0 Å². The number of aromatic carboxylic acids is 1. The number of rotatable bonds is 7. The molecule has 9 heteroatoms. The van der Waals surface area contributed by atoms with Crippen molar-refractivity contribution >= 4 is 35.0 Å². The van der Waals surface area contributed by atoms with E-state index in [1.54, 1.807) is 0 Å². The van der Waals surface area contributed by atoms with Gasteiger partial charge in [-0.3, -0.25) is 14.9 Å². The average Bonchev–Trinajstić information content (AvgIpc) is 2.55. The minimum absolute atomic E-state index is 0.0816. The number of nitrogens with zero attached hydrogens (tertiary/aromatic N) is 2. The van der Waals surface area contributed by atoms with E-state index in [1.165, 1.54) is 54.4 Å². The molecule has 1 amide bonds. The average molecular weight is 347 g/mol. The summed E-state index contributed by atoms with van der Waals surface area (Å²) in [6, 6.07) is 8.75. The van der Waals surface area contributed by atoms with E-state index in [-0.39, 0.29) is 23.6 Å². The molecule has 2 aromatic rings. The first-order valence-corrected chi connectivity index (χ1v) is 7.81. The second-order valence-electron chi connectivity index (χ2n) is 4.64. The van der Waals surface area contributed by atoms with E-state index in [9.17, 15) is 19.7 Å². The van der Waals surface area contributed by atoms with Gasteiger partial charge in [-0.25, -0.2) is 9.78 Å². The summed E-state index contributed by atoms with van der Waals surface area (Å²) in [5.74, 6) is -0.781. The molecule has 0 saturated heterocycles. The van der Waals surface area contributed by atoms with E-state index in [2.05, 4.69) is 10.3 Å². The Labute approximate surface area is 141 Å². The van der Waals surface area contributed by atoms with Gasteiger partial charge in [-0.1, -0.05) is 0 Å². The van der Waals surface area contributed by atoms with E-state index >= 15 is 0 Å². The molecule has 0 saturated carbocycles. The number of carbonyl (C=O) groups is 2. The topological polar surface area (TPSA) is 122 Å². The van der Waals surface area contributed by atoms with E-state index in [4.69, 9.17) is 5.11 Å². The molecule has 1 heterocycles. The molecule has 24 heavy (non-hydrogen) atoms. The molecule has 0 aliphatic rings. The van der Waals surface area contributed by atoms with Gasteiger partial charge in [0.05, 0.1) is 15.5 Å². The maximum atomic E-state index is 11.8. The molecule has 2 rings (SSSR count). The highest BCUT2D eigenvalue weighted by Crippen LogP contribution is 2.19. The van der Waals surface area contributed by atoms with Crippen molar-refractivity contribution in [1.82, 2.24) is 4.98 Å². The maximum absolute atomic E-state index is 11.8. The zero-order valence-corrected chi connectivity index (χ0v) is 13.2. The minimum Gasteiger partial charge on any atom is -0.478 e. The van der Waals surface area contributed by atoms with Crippen LogP contribution in [-0.2, 0) is 4.79 Å². The third-order valence-electron chi connectivity index (χ3n) is 2.93.